The van der Waals surface area contributed by atoms with Gasteiger partial charge in [-0.1, -0.05) is 6.07 Å². The minimum absolute atomic E-state index is 0.0283. The molecule has 2 aromatic rings. The lowest BCUT2D eigenvalue weighted by atomic mass is 10.1. The molecule has 1 N–H and O–H groups in total. The molecule has 3 nitrogen and oxygen atoms in total. The largest absolute Gasteiger partial charge is 0.308 e. The molecule has 18 heavy (non-hydrogen) atoms. The number of aromatic nitrogens is 2. The van der Waals surface area contributed by atoms with Crippen LogP contribution in [0.2, 0.25) is 0 Å². The quantitative estimate of drug-likeness (QED) is 0.896. The zero-order valence-corrected chi connectivity index (χ0v) is 13.3. The first kappa shape index (κ1) is 13.6. The summed E-state index contributed by atoms with van der Waals surface area (Å²) < 4.78 is 1.92. The van der Waals surface area contributed by atoms with E-state index in [1.807, 2.05) is 32.3 Å². The van der Waals surface area contributed by atoms with Gasteiger partial charge >= 0.3 is 0 Å². The summed E-state index contributed by atoms with van der Waals surface area (Å²) in [6.45, 7) is 1.98. The Bertz CT molecular complexity index is 540. The third-order valence-corrected chi connectivity index (χ3v) is 3.73. The van der Waals surface area contributed by atoms with E-state index in [1.54, 1.807) is 6.20 Å². The molecule has 0 aliphatic heterocycles. The number of halogens is 2. The smallest absolute Gasteiger partial charge is 0.0775 e. The number of nitrogens with one attached hydrogen (secondary N) is 1. The Morgan fingerprint density at radius 3 is 2.50 bits per heavy atom. The Labute approximate surface area is 123 Å². The Kier molecular flexibility index (Phi) is 4.48. The van der Waals surface area contributed by atoms with Crippen LogP contribution in [0.4, 0.5) is 0 Å². The highest BCUT2D eigenvalue weighted by atomic mass is 79.9. The highest BCUT2D eigenvalue weighted by Crippen LogP contribution is 2.28. The van der Waals surface area contributed by atoms with Crippen molar-refractivity contribution in [1.82, 2.24) is 15.3 Å². The Balaban J connectivity index is 2.41. The summed E-state index contributed by atoms with van der Waals surface area (Å²) in [6, 6.07) is 6.10. The van der Waals surface area contributed by atoms with E-state index < -0.39 is 0 Å². The van der Waals surface area contributed by atoms with E-state index in [-0.39, 0.29) is 6.04 Å². The fourth-order valence-corrected chi connectivity index (χ4v) is 2.97. The van der Waals surface area contributed by atoms with Gasteiger partial charge in [-0.2, -0.15) is 0 Å². The summed E-state index contributed by atoms with van der Waals surface area (Å²) in [7, 11) is 1.92. The maximum atomic E-state index is 4.46. The van der Waals surface area contributed by atoms with E-state index in [9.17, 15) is 0 Å². The van der Waals surface area contributed by atoms with Gasteiger partial charge in [-0.05, 0) is 63.5 Å². The van der Waals surface area contributed by atoms with Gasteiger partial charge in [-0.15, -0.1) is 0 Å². The minimum Gasteiger partial charge on any atom is -0.308 e. The fourth-order valence-electron chi connectivity index (χ4n) is 1.75. The summed E-state index contributed by atoms with van der Waals surface area (Å²) in [4.78, 5) is 8.79. The number of pyridine rings is 2. The van der Waals surface area contributed by atoms with Crippen molar-refractivity contribution >= 4 is 31.9 Å². The van der Waals surface area contributed by atoms with Crippen LogP contribution in [0, 0.1) is 6.92 Å². The SMILES string of the molecule is CNC(c1ccc(C)nc1)c1ncc(Br)cc1Br. The molecule has 0 aliphatic rings. The summed E-state index contributed by atoms with van der Waals surface area (Å²) in [5.74, 6) is 0. The lowest BCUT2D eigenvalue weighted by Crippen LogP contribution is -2.19. The van der Waals surface area contributed by atoms with Gasteiger partial charge in [-0.3, -0.25) is 9.97 Å². The topological polar surface area (TPSA) is 37.8 Å². The van der Waals surface area contributed by atoms with Gasteiger partial charge in [0.25, 0.3) is 0 Å². The van der Waals surface area contributed by atoms with Crippen molar-refractivity contribution < 1.29 is 0 Å². The maximum absolute atomic E-state index is 4.46. The molecule has 0 saturated carbocycles. The van der Waals surface area contributed by atoms with Crippen LogP contribution in [-0.2, 0) is 0 Å². The molecule has 0 aromatic carbocycles. The van der Waals surface area contributed by atoms with Crippen molar-refractivity contribution in [2.45, 2.75) is 13.0 Å². The first-order valence-corrected chi connectivity index (χ1v) is 7.11. The Hall–Kier alpha value is -0.780. The number of hydrogen-bond donors (Lipinski definition) is 1. The van der Waals surface area contributed by atoms with E-state index in [4.69, 9.17) is 0 Å². The van der Waals surface area contributed by atoms with Crippen molar-refractivity contribution in [1.29, 1.82) is 0 Å². The molecule has 1 atom stereocenters. The van der Waals surface area contributed by atoms with Crippen LogP contribution in [0.5, 0.6) is 0 Å². The number of rotatable bonds is 3. The average Bonchev–Trinajstić information content (AvgIpc) is 2.35. The van der Waals surface area contributed by atoms with Gasteiger partial charge in [0.15, 0.2) is 0 Å². The fraction of sp³-hybridized carbons (Fsp3) is 0.231. The molecule has 0 bridgehead atoms. The normalized spacial score (nSPS) is 12.4. The zero-order valence-electron chi connectivity index (χ0n) is 10.1. The van der Waals surface area contributed by atoms with Crippen molar-refractivity contribution in [3.8, 4) is 0 Å². The molecule has 0 saturated heterocycles. The summed E-state index contributed by atoms with van der Waals surface area (Å²) in [5, 5.41) is 3.27. The van der Waals surface area contributed by atoms with Crippen LogP contribution in [-0.4, -0.2) is 17.0 Å². The van der Waals surface area contributed by atoms with Crippen LogP contribution >= 0.6 is 31.9 Å². The number of hydrogen-bond acceptors (Lipinski definition) is 3. The third kappa shape index (κ3) is 2.96. The van der Waals surface area contributed by atoms with Crippen LogP contribution in [0.15, 0.2) is 39.5 Å². The van der Waals surface area contributed by atoms with E-state index >= 15 is 0 Å². The van der Waals surface area contributed by atoms with Crippen LogP contribution in [0.1, 0.15) is 23.0 Å². The number of aryl methyl sites for hydroxylation is 1. The third-order valence-electron chi connectivity index (χ3n) is 2.67. The molecule has 0 spiro atoms. The molecule has 1 unspecified atom stereocenters. The molecule has 0 fully saturated rings. The summed E-state index contributed by atoms with van der Waals surface area (Å²) in [6.07, 6.45) is 3.68. The van der Waals surface area contributed by atoms with Gasteiger partial charge < -0.3 is 5.32 Å². The molecule has 0 amide bonds. The monoisotopic (exact) mass is 369 g/mol. The van der Waals surface area contributed by atoms with E-state index in [0.717, 1.165) is 25.9 Å². The molecule has 5 heteroatoms. The van der Waals surface area contributed by atoms with E-state index in [2.05, 4.69) is 53.2 Å². The first-order valence-electron chi connectivity index (χ1n) is 5.52. The predicted molar refractivity (Wildman–Crippen MR) is 79.5 cm³/mol. The van der Waals surface area contributed by atoms with Crippen molar-refractivity contribution in [2.24, 2.45) is 0 Å². The number of nitrogens with zero attached hydrogens (tertiary/aromatic N) is 2. The van der Waals surface area contributed by atoms with Crippen LogP contribution < -0.4 is 5.32 Å². The van der Waals surface area contributed by atoms with Crippen LogP contribution in [0.3, 0.4) is 0 Å². The summed E-state index contributed by atoms with van der Waals surface area (Å²) in [5.41, 5.74) is 3.06. The first-order chi connectivity index (χ1) is 8.61. The Morgan fingerprint density at radius 1 is 1.17 bits per heavy atom. The molecular formula is C13H13Br2N3. The lowest BCUT2D eigenvalue weighted by Gasteiger charge is -2.17. The highest BCUT2D eigenvalue weighted by molar-refractivity contribution is 9.11. The lowest BCUT2D eigenvalue weighted by molar-refractivity contribution is 0.664. The van der Waals surface area contributed by atoms with Gasteiger partial charge in [-0.25, -0.2) is 0 Å². The second kappa shape index (κ2) is 5.91. The van der Waals surface area contributed by atoms with Gasteiger partial charge in [0.2, 0.25) is 0 Å². The van der Waals surface area contributed by atoms with Crippen molar-refractivity contribution in [2.75, 3.05) is 7.05 Å². The average molecular weight is 371 g/mol. The molecule has 0 aliphatic carbocycles. The van der Waals surface area contributed by atoms with Crippen molar-refractivity contribution in [3.63, 3.8) is 0 Å². The van der Waals surface area contributed by atoms with Gasteiger partial charge in [0, 0.05) is 27.0 Å². The highest BCUT2D eigenvalue weighted by Gasteiger charge is 2.16. The molecule has 0 radical (unpaired) electrons. The Morgan fingerprint density at radius 2 is 1.94 bits per heavy atom. The molecule has 2 aromatic heterocycles. The molecular weight excluding hydrogens is 358 g/mol. The molecule has 94 valence electrons. The zero-order chi connectivity index (χ0) is 13.1. The summed E-state index contributed by atoms with van der Waals surface area (Å²) >= 11 is 6.96. The minimum atomic E-state index is 0.0283. The van der Waals surface area contributed by atoms with Crippen LogP contribution in [0.25, 0.3) is 0 Å². The second-order valence-electron chi connectivity index (χ2n) is 3.98. The molecule has 2 rings (SSSR count). The van der Waals surface area contributed by atoms with E-state index in [1.165, 1.54) is 0 Å². The second-order valence-corrected chi connectivity index (χ2v) is 5.75. The molecule has 2 heterocycles. The maximum Gasteiger partial charge on any atom is 0.0775 e. The van der Waals surface area contributed by atoms with E-state index in [0.29, 0.717) is 0 Å². The van der Waals surface area contributed by atoms with Gasteiger partial charge in [0.1, 0.15) is 0 Å². The standard InChI is InChI=1S/C13H13Br2N3/c1-8-3-4-9(6-17-8)12(16-2)13-11(15)5-10(14)7-18-13/h3-7,12,16H,1-2H3. The van der Waals surface area contributed by atoms with Gasteiger partial charge in [0.05, 0.1) is 11.7 Å². The van der Waals surface area contributed by atoms with Crippen molar-refractivity contribution in [3.05, 3.63) is 56.5 Å². The predicted octanol–water partition coefficient (Wildman–Crippen LogP) is 3.62.